The Morgan fingerprint density at radius 2 is 2.06 bits per heavy atom. The van der Waals surface area contributed by atoms with Crippen molar-refractivity contribution >= 4 is 35.0 Å². The summed E-state index contributed by atoms with van der Waals surface area (Å²) in [6, 6.07) is 7.75. The van der Waals surface area contributed by atoms with Crippen LogP contribution in [0.15, 0.2) is 55.5 Å². The second-order valence-electron chi connectivity index (χ2n) is 7.88. The van der Waals surface area contributed by atoms with E-state index in [1.54, 1.807) is 11.1 Å². The maximum atomic E-state index is 12.0. The van der Waals surface area contributed by atoms with E-state index in [1.165, 1.54) is 12.3 Å². The Bertz CT molecular complexity index is 1190. The number of amides is 2. The van der Waals surface area contributed by atoms with Crippen molar-refractivity contribution in [3.63, 3.8) is 0 Å². The van der Waals surface area contributed by atoms with Gasteiger partial charge in [-0.3, -0.25) is 14.3 Å². The highest BCUT2D eigenvalue weighted by molar-refractivity contribution is 5.98. The number of carbonyl (C=O) groups excluding carboxylic acids is 2. The highest BCUT2D eigenvalue weighted by Gasteiger charge is 2.24. The number of carbonyl (C=O) groups is 2. The van der Waals surface area contributed by atoms with Gasteiger partial charge in [-0.25, -0.2) is 4.98 Å². The van der Waals surface area contributed by atoms with Crippen LogP contribution in [-0.4, -0.2) is 49.6 Å². The first-order valence-corrected chi connectivity index (χ1v) is 10.7. The van der Waals surface area contributed by atoms with Gasteiger partial charge in [0.25, 0.3) is 5.91 Å². The molecule has 1 fully saturated rings. The third-order valence-electron chi connectivity index (χ3n) is 5.57. The number of hydrogen-bond acceptors (Lipinski definition) is 7. The number of likely N-dealkylation sites (tertiary alicyclic amines) is 1. The monoisotopic (exact) mass is 446 g/mol. The molecule has 0 radical (unpaired) electrons. The van der Waals surface area contributed by atoms with E-state index >= 15 is 0 Å². The molecule has 10 heteroatoms. The van der Waals surface area contributed by atoms with Gasteiger partial charge in [0.2, 0.25) is 11.9 Å². The SMILES string of the molecule is C=CC(=O)N1CCCC(n2cc(Nc3ncc(C(N)=O)c(Nc4ccccc4C)n3)cn2)C1. The van der Waals surface area contributed by atoms with Crippen LogP contribution in [0, 0.1) is 6.92 Å². The molecule has 3 aromatic rings. The lowest BCUT2D eigenvalue weighted by Crippen LogP contribution is -2.39. The summed E-state index contributed by atoms with van der Waals surface area (Å²) >= 11 is 0. The van der Waals surface area contributed by atoms with Crippen molar-refractivity contribution in [2.24, 2.45) is 5.73 Å². The molecule has 1 atom stereocenters. The second kappa shape index (κ2) is 9.51. The fourth-order valence-electron chi connectivity index (χ4n) is 3.79. The van der Waals surface area contributed by atoms with Gasteiger partial charge in [0.05, 0.1) is 17.9 Å². The highest BCUT2D eigenvalue weighted by Crippen LogP contribution is 2.25. The number of benzene rings is 1. The van der Waals surface area contributed by atoms with Crippen LogP contribution in [-0.2, 0) is 4.79 Å². The van der Waals surface area contributed by atoms with E-state index < -0.39 is 5.91 Å². The summed E-state index contributed by atoms with van der Waals surface area (Å²) < 4.78 is 1.84. The van der Waals surface area contributed by atoms with Crippen LogP contribution in [0.5, 0.6) is 0 Å². The minimum atomic E-state index is -0.624. The zero-order valence-corrected chi connectivity index (χ0v) is 18.4. The normalized spacial score (nSPS) is 15.7. The second-order valence-corrected chi connectivity index (χ2v) is 7.88. The van der Waals surface area contributed by atoms with Crippen molar-refractivity contribution < 1.29 is 9.59 Å². The van der Waals surface area contributed by atoms with Crippen LogP contribution in [0.25, 0.3) is 0 Å². The molecular formula is C23H26N8O2. The summed E-state index contributed by atoms with van der Waals surface area (Å²) in [5.74, 6) is -0.0847. The molecule has 2 aromatic heterocycles. The topological polar surface area (TPSA) is 131 Å². The number of aromatic nitrogens is 4. The Balaban J connectivity index is 1.52. The molecule has 1 unspecified atom stereocenters. The van der Waals surface area contributed by atoms with E-state index in [4.69, 9.17) is 5.73 Å². The van der Waals surface area contributed by atoms with Crippen LogP contribution in [0.3, 0.4) is 0 Å². The number of primary amides is 1. The van der Waals surface area contributed by atoms with Crippen LogP contribution in [0.2, 0.25) is 0 Å². The maximum absolute atomic E-state index is 12.0. The van der Waals surface area contributed by atoms with Crippen LogP contribution >= 0.6 is 0 Å². The van der Waals surface area contributed by atoms with Gasteiger partial charge in [0, 0.05) is 31.2 Å². The summed E-state index contributed by atoms with van der Waals surface area (Å²) in [6.07, 6.45) is 8.09. The molecule has 4 N–H and O–H groups in total. The molecule has 0 aliphatic carbocycles. The zero-order valence-electron chi connectivity index (χ0n) is 18.4. The lowest BCUT2D eigenvalue weighted by Gasteiger charge is -2.32. The largest absolute Gasteiger partial charge is 0.365 e. The van der Waals surface area contributed by atoms with E-state index in [0.717, 1.165) is 30.6 Å². The Hall–Kier alpha value is -4.21. The molecule has 2 amide bonds. The molecule has 4 rings (SSSR count). The van der Waals surface area contributed by atoms with Crippen LogP contribution < -0.4 is 16.4 Å². The summed E-state index contributed by atoms with van der Waals surface area (Å²) in [7, 11) is 0. The van der Waals surface area contributed by atoms with E-state index in [1.807, 2.05) is 42.1 Å². The van der Waals surface area contributed by atoms with Gasteiger partial charge in [0.1, 0.15) is 11.4 Å². The number of aryl methyl sites for hydroxylation is 1. The van der Waals surface area contributed by atoms with Gasteiger partial charge in [-0.05, 0) is 37.5 Å². The van der Waals surface area contributed by atoms with Crippen molar-refractivity contribution in [1.29, 1.82) is 0 Å². The van der Waals surface area contributed by atoms with Crippen molar-refractivity contribution in [3.8, 4) is 0 Å². The molecule has 1 aliphatic rings. The molecule has 170 valence electrons. The molecule has 0 spiro atoms. The average Bonchev–Trinajstić information content (AvgIpc) is 3.28. The summed E-state index contributed by atoms with van der Waals surface area (Å²) in [5, 5.41) is 10.7. The number of hydrogen-bond donors (Lipinski definition) is 3. The van der Waals surface area contributed by atoms with E-state index in [2.05, 4.69) is 32.3 Å². The molecule has 1 saturated heterocycles. The minimum absolute atomic E-state index is 0.0678. The Morgan fingerprint density at radius 3 is 2.82 bits per heavy atom. The quantitative estimate of drug-likeness (QED) is 0.476. The Labute approximate surface area is 191 Å². The first-order chi connectivity index (χ1) is 15.9. The molecule has 33 heavy (non-hydrogen) atoms. The van der Waals surface area contributed by atoms with E-state index in [9.17, 15) is 9.59 Å². The molecule has 3 heterocycles. The highest BCUT2D eigenvalue weighted by atomic mass is 16.2. The van der Waals surface area contributed by atoms with Gasteiger partial charge in [-0.1, -0.05) is 24.8 Å². The minimum Gasteiger partial charge on any atom is -0.365 e. The molecule has 1 aromatic carbocycles. The molecule has 0 bridgehead atoms. The van der Waals surface area contributed by atoms with Crippen molar-refractivity contribution in [3.05, 3.63) is 66.6 Å². The molecule has 0 saturated carbocycles. The number of para-hydroxylation sites is 1. The number of rotatable bonds is 7. The lowest BCUT2D eigenvalue weighted by atomic mass is 10.1. The summed E-state index contributed by atoms with van der Waals surface area (Å²) in [5.41, 5.74) is 8.20. The number of nitrogens with one attached hydrogen (secondary N) is 2. The number of nitrogens with two attached hydrogens (primary N) is 1. The van der Waals surface area contributed by atoms with Crippen LogP contribution in [0.1, 0.15) is 34.8 Å². The Morgan fingerprint density at radius 1 is 1.24 bits per heavy atom. The third kappa shape index (κ3) is 5.00. The molecular weight excluding hydrogens is 420 g/mol. The number of piperidine rings is 1. The predicted molar refractivity (Wildman–Crippen MR) is 126 cm³/mol. The molecule has 1 aliphatic heterocycles. The summed E-state index contributed by atoms with van der Waals surface area (Å²) in [4.78, 5) is 34.3. The van der Waals surface area contributed by atoms with Crippen molar-refractivity contribution in [2.75, 3.05) is 23.7 Å². The first kappa shape index (κ1) is 22.0. The van der Waals surface area contributed by atoms with Gasteiger partial charge >= 0.3 is 0 Å². The van der Waals surface area contributed by atoms with Crippen molar-refractivity contribution in [2.45, 2.75) is 25.8 Å². The number of nitrogens with zero attached hydrogens (tertiary/aromatic N) is 5. The number of anilines is 4. The predicted octanol–water partition coefficient (Wildman–Crippen LogP) is 2.92. The first-order valence-electron chi connectivity index (χ1n) is 10.7. The maximum Gasteiger partial charge on any atom is 0.254 e. The van der Waals surface area contributed by atoms with Crippen molar-refractivity contribution in [1.82, 2.24) is 24.6 Å². The summed E-state index contributed by atoms with van der Waals surface area (Å²) in [6.45, 7) is 6.83. The fourth-order valence-corrected chi connectivity index (χ4v) is 3.79. The van der Waals surface area contributed by atoms with Gasteiger partial charge in [-0.15, -0.1) is 0 Å². The zero-order chi connectivity index (χ0) is 23.4. The lowest BCUT2D eigenvalue weighted by molar-refractivity contribution is -0.127. The van der Waals surface area contributed by atoms with E-state index in [0.29, 0.717) is 24.0 Å². The average molecular weight is 447 g/mol. The third-order valence-corrected chi connectivity index (χ3v) is 5.57. The van der Waals surface area contributed by atoms with Gasteiger partial charge in [0.15, 0.2) is 0 Å². The standard InChI is InChI=1S/C23H26N8O2/c1-3-20(32)30-10-6-8-17(14-30)31-13-16(11-26-31)27-23-25-12-18(21(24)33)22(29-23)28-19-9-5-4-7-15(19)2/h3-5,7,9,11-13,17H,1,6,8,10,14H2,2H3,(H2,24,33)(H2,25,27,28,29). The fraction of sp³-hybridized carbons (Fsp3) is 0.261. The van der Waals surface area contributed by atoms with Gasteiger partial charge in [-0.2, -0.15) is 10.1 Å². The van der Waals surface area contributed by atoms with Crippen LogP contribution in [0.4, 0.5) is 23.1 Å². The van der Waals surface area contributed by atoms with Gasteiger partial charge < -0.3 is 21.3 Å². The van der Waals surface area contributed by atoms with E-state index in [-0.39, 0.29) is 17.5 Å². The molecule has 10 nitrogen and oxygen atoms in total. The smallest absolute Gasteiger partial charge is 0.254 e. The Kier molecular flexibility index (Phi) is 6.34.